The largest absolute Gasteiger partial charge is 0.328 e. The summed E-state index contributed by atoms with van der Waals surface area (Å²) in [4.78, 5) is 2.74. The number of nitrogens with zero attached hydrogens (tertiary/aromatic N) is 1. The summed E-state index contributed by atoms with van der Waals surface area (Å²) in [5.41, 5.74) is 7.62. The van der Waals surface area contributed by atoms with Crippen LogP contribution in [0.4, 0.5) is 0 Å². The van der Waals surface area contributed by atoms with Gasteiger partial charge in [0.15, 0.2) is 0 Å². The van der Waals surface area contributed by atoms with Crippen molar-refractivity contribution in [1.29, 1.82) is 0 Å². The normalized spacial score (nSPS) is 29.8. The number of rotatable bonds is 4. The Bertz CT molecular complexity index is 345. The van der Waals surface area contributed by atoms with Crippen LogP contribution in [0.25, 0.3) is 0 Å². The molecule has 2 saturated carbocycles. The van der Waals surface area contributed by atoms with E-state index < -0.39 is 0 Å². The highest BCUT2D eigenvalue weighted by molar-refractivity contribution is 7.07. The quantitative estimate of drug-likeness (QED) is 0.890. The third-order valence-corrected chi connectivity index (χ3v) is 4.85. The van der Waals surface area contributed by atoms with E-state index in [4.69, 9.17) is 5.73 Å². The summed E-state index contributed by atoms with van der Waals surface area (Å²) in [6.07, 6.45) is 7.91. The van der Waals surface area contributed by atoms with E-state index in [-0.39, 0.29) is 0 Å². The molecule has 1 heterocycles. The molecule has 0 radical (unpaired) electrons. The van der Waals surface area contributed by atoms with Gasteiger partial charge in [0, 0.05) is 24.7 Å². The van der Waals surface area contributed by atoms with E-state index in [1.807, 2.05) is 11.3 Å². The van der Waals surface area contributed by atoms with Gasteiger partial charge in [0.2, 0.25) is 0 Å². The van der Waals surface area contributed by atoms with Gasteiger partial charge in [-0.15, -0.1) is 0 Å². The van der Waals surface area contributed by atoms with Gasteiger partial charge in [-0.2, -0.15) is 11.3 Å². The Balaban J connectivity index is 1.66. The lowest BCUT2D eigenvalue weighted by Crippen LogP contribution is -2.43. The van der Waals surface area contributed by atoms with Crippen molar-refractivity contribution in [2.45, 2.75) is 63.2 Å². The predicted octanol–water partition coefficient (Wildman–Crippen LogP) is 2.98. The van der Waals surface area contributed by atoms with E-state index in [9.17, 15) is 0 Å². The van der Waals surface area contributed by atoms with E-state index in [1.54, 1.807) is 0 Å². The van der Waals surface area contributed by atoms with Gasteiger partial charge >= 0.3 is 0 Å². The summed E-state index contributed by atoms with van der Waals surface area (Å²) in [7, 11) is 0. The van der Waals surface area contributed by atoms with Crippen LogP contribution in [0.1, 0.15) is 44.1 Å². The minimum atomic E-state index is 0.442. The summed E-state index contributed by atoms with van der Waals surface area (Å²) in [6, 6.07) is 4.30. The van der Waals surface area contributed by atoms with Crippen LogP contribution in [-0.4, -0.2) is 23.0 Å². The van der Waals surface area contributed by atoms with Gasteiger partial charge in [0.05, 0.1) is 0 Å². The van der Waals surface area contributed by atoms with Crippen molar-refractivity contribution in [2.75, 3.05) is 0 Å². The Morgan fingerprint density at radius 3 is 2.76 bits per heavy atom. The molecular weight excluding hydrogens is 228 g/mol. The molecule has 0 saturated heterocycles. The summed E-state index contributed by atoms with van der Waals surface area (Å²) < 4.78 is 0. The van der Waals surface area contributed by atoms with E-state index >= 15 is 0 Å². The Morgan fingerprint density at radius 1 is 1.24 bits per heavy atom. The van der Waals surface area contributed by atoms with Crippen LogP contribution in [0.5, 0.6) is 0 Å². The third-order valence-electron chi connectivity index (χ3n) is 4.12. The molecular formula is C14H22N2S. The minimum absolute atomic E-state index is 0.442. The van der Waals surface area contributed by atoms with Gasteiger partial charge < -0.3 is 5.73 Å². The van der Waals surface area contributed by atoms with E-state index in [1.165, 1.54) is 44.1 Å². The van der Waals surface area contributed by atoms with Gasteiger partial charge in [0.1, 0.15) is 0 Å². The highest BCUT2D eigenvalue weighted by atomic mass is 32.1. The lowest BCUT2D eigenvalue weighted by molar-refractivity contribution is 0.131. The highest BCUT2D eigenvalue weighted by Gasteiger charge is 2.35. The zero-order chi connectivity index (χ0) is 11.7. The van der Waals surface area contributed by atoms with Gasteiger partial charge in [-0.05, 0) is 54.5 Å². The molecule has 0 spiro atoms. The zero-order valence-corrected chi connectivity index (χ0v) is 11.2. The minimum Gasteiger partial charge on any atom is -0.328 e. The maximum Gasteiger partial charge on any atom is 0.0247 e. The van der Waals surface area contributed by atoms with Crippen molar-refractivity contribution in [2.24, 2.45) is 5.73 Å². The molecule has 17 heavy (non-hydrogen) atoms. The SMILES string of the molecule is NC1CCCC(N(Cc2ccsc2)C2CC2)C1. The van der Waals surface area contributed by atoms with Crippen LogP contribution < -0.4 is 5.73 Å². The van der Waals surface area contributed by atoms with Gasteiger partial charge in [-0.3, -0.25) is 4.90 Å². The smallest absolute Gasteiger partial charge is 0.0247 e. The lowest BCUT2D eigenvalue weighted by atomic mass is 9.90. The van der Waals surface area contributed by atoms with Crippen LogP contribution in [0.3, 0.4) is 0 Å². The van der Waals surface area contributed by atoms with Crippen molar-refractivity contribution in [3.63, 3.8) is 0 Å². The van der Waals surface area contributed by atoms with Crippen LogP contribution in [0, 0.1) is 0 Å². The first-order valence-corrected chi connectivity index (χ1v) is 7.79. The summed E-state index contributed by atoms with van der Waals surface area (Å²) >= 11 is 1.81. The Hall–Kier alpha value is -0.380. The molecule has 2 fully saturated rings. The van der Waals surface area contributed by atoms with Crippen molar-refractivity contribution in [3.8, 4) is 0 Å². The standard InChI is InChI=1S/C14H22N2S/c15-12-2-1-3-14(8-12)16(13-4-5-13)9-11-6-7-17-10-11/h6-7,10,12-14H,1-5,8-9,15H2. The molecule has 2 aliphatic carbocycles. The molecule has 3 heteroatoms. The van der Waals surface area contributed by atoms with E-state index in [0.29, 0.717) is 6.04 Å². The first-order valence-electron chi connectivity index (χ1n) is 6.85. The van der Waals surface area contributed by atoms with Crippen LogP contribution in [-0.2, 0) is 6.54 Å². The molecule has 2 N–H and O–H groups in total. The predicted molar refractivity (Wildman–Crippen MR) is 73.1 cm³/mol. The van der Waals surface area contributed by atoms with Crippen LogP contribution in [0.2, 0.25) is 0 Å². The van der Waals surface area contributed by atoms with Gasteiger partial charge in [0.25, 0.3) is 0 Å². The van der Waals surface area contributed by atoms with Crippen molar-refractivity contribution in [3.05, 3.63) is 22.4 Å². The lowest BCUT2D eigenvalue weighted by Gasteiger charge is -2.36. The molecule has 1 aromatic rings. The molecule has 94 valence electrons. The maximum atomic E-state index is 6.13. The zero-order valence-electron chi connectivity index (χ0n) is 10.3. The molecule has 2 nitrogen and oxygen atoms in total. The average molecular weight is 250 g/mol. The van der Waals surface area contributed by atoms with Gasteiger partial charge in [-0.1, -0.05) is 6.42 Å². The topological polar surface area (TPSA) is 29.3 Å². The maximum absolute atomic E-state index is 6.13. The molecule has 2 unspecified atom stereocenters. The van der Waals surface area contributed by atoms with Crippen molar-refractivity contribution >= 4 is 11.3 Å². The molecule has 1 aromatic heterocycles. The molecule has 2 atom stereocenters. The fourth-order valence-corrected chi connectivity index (χ4v) is 3.72. The van der Waals surface area contributed by atoms with E-state index in [2.05, 4.69) is 21.7 Å². The fraction of sp³-hybridized carbons (Fsp3) is 0.714. The molecule has 2 aliphatic rings. The van der Waals surface area contributed by atoms with Crippen molar-refractivity contribution < 1.29 is 0 Å². The molecule has 3 rings (SSSR count). The van der Waals surface area contributed by atoms with E-state index in [0.717, 1.165) is 18.6 Å². The molecule has 0 aliphatic heterocycles. The highest BCUT2D eigenvalue weighted by Crippen LogP contribution is 2.34. The second-order valence-electron chi connectivity index (χ2n) is 5.62. The average Bonchev–Trinajstić information content (AvgIpc) is 3.03. The second kappa shape index (κ2) is 5.09. The Kier molecular flexibility index (Phi) is 3.50. The molecule has 0 bridgehead atoms. The first kappa shape index (κ1) is 11.7. The third kappa shape index (κ3) is 2.90. The van der Waals surface area contributed by atoms with Gasteiger partial charge in [-0.25, -0.2) is 0 Å². The number of hydrogen-bond donors (Lipinski definition) is 1. The summed E-state index contributed by atoms with van der Waals surface area (Å²) in [5.74, 6) is 0. The van der Waals surface area contributed by atoms with Crippen LogP contribution >= 0.6 is 11.3 Å². The summed E-state index contributed by atoms with van der Waals surface area (Å²) in [6.45, 7) is 1.14. The Morgan fingerprint density at radius 2 is 2.12 bits per heavy atom. The molecule has 0 aromatic carbocycles. The van der Waals surface area contributed by atoms with Crippen LogP contribution in [0.15, 0.2) is 16.8 Å². The summed E-state index contributed by atoms with van der Waals surface area (Å²) in [5, 5.41) is 4.48. The second-order valence-corrected chi connectivity index (χ2v) is 6.40. The number of hydrogen-bond acceptors (Lipinski definition) is 3. The fourth-order valence-electron chi connectivity index (χ4n) is 3.06. The monoisotopic (exact) mass is 250 g/mol. The number of nitrogens with two attached hydrogens (primary N) is 1. The molecule has 0 amide bonds. The first-order chi connectivity index (χ1) is 8.33. The number of thiophene rings is 1. The Labute approximate surface area is 108 Å². The van der Waals surface area contributed by atoms with Crippen molar-refractivity contribution in [1.82, 2.24) is 4.90 Å².